The van der Waals surface area contributed by atoms with Gasteiger partial charge in [-0.15, -0.1) is 0 Å². The number of nitrogens with zero attached hydrogens (tertiary/aromatic N) is 1. The summed E-state index contributed by atoms with van der Waals surface area (Å²) in [4.78, 5) is 0. The molecule has 0 atom stereocenters. The molecule has 1 nitrogen and oxygen atoms in total. The third-order valence-electron chi connectivity index (χ3n) is 6.61. The second kappa shape index (κ2) is 8.29. The zero-order chi connectivity index (χ0) is 16.9. The fraction of sp³-hybridized carbons (Fsp3) is 0.667. The third-order valence-corrected chi connectivity index (χ3v) is 8.01. The topological polar surface area (TPSA) is 23.8 Å². The Hall–Kier alpha value is -1.14. The van der Waals surface area contributed by atoms with Crippen LogP contribution in [0.1, 0.15) is 68.4 Å². The summed E-state index contributed by atoms with van der Waals surface area (Å²) in [6.45, 7) is 2.44. The summed E-state index contributed by atoms with van der Waals surface area (Å²) >= 11 is 0. The van der Waals surface area contributed by atoms with E-state index in [1.165, 1.54) is 51.4 Å². The van der Waals surface area contributed by atoms with Gasteiger partial charge in [-0.3, -0.25) is 0 Å². The van der Waals surface area contributed by atoms with E-state index in [0.717, 1.165) is 23.3 Å². The maximum absolute atomic E-state index is 13.9. The smallest absolute Gasteiger partial charge is 0.141 e. The first-order chi connectivity index (χ1) is 11.7. The summed E-state index contributed by atoms with van der Waals surface area (Å²) in [5, 5.41) is 8.86. The van der Waals surface area contributed by atoms with Gasteiger partial charge in [-0.1, -0.05) is 31.5 Å². The van der Waals surface area contributed by atoms with Gasteiger partial charge in [-0.25, -0.2) is 4.39 Å². The molecular formula is C21H30FNSi. The number of rotatable bonds is 4. The monoisotopic (exact) mass is 343 g/mol. The second-order valence-electron chi connectivity index (χ2n) is 8.03. The standard InChI is InChI=1S/C21H30FNSi/c1-24-14-15-2-4-16(5-3-15)17-6-8-18(9-7-17)19-10-11-20(13-23)21(22)12-19/h10-12,15-18H,2-9,14,24H2,1H3/t15-,16-,17-,18-. The second-order valence-corrected chi connectivity index (χ2v) is 9.61. The summed E-state index contributed by atoms with van der Waals surface area (Å²) in [5.74, 6) is 3.06. The Morgan fingerprint density at radius 1 is 1.04 bits per heavy atom. The van der Waals surface area contributed by atoms with Gasteiger partial charge < -0.3 is 0 Å². The van der Waals surface area contributed by atoms with Crippen molar-refractivity contribution >= 4 is 9.52 Å². The minimum absolute atomic E-state index is 0.166. The summed E-state index contributed by atoms with van der Waals surface area (Å²) in [5.41, 5.74) is 1.26. The number of hydrogen-bond acceptors (Lipinski definition) is 1. The first kappa shape index (κ1) is 17.7. The zero-order valence-corrected chi connectivity index (χ0v) is 16.4. The molecule has 2 fully saturated rings. The molecule has 2 aliphatic rings. The van der Waals surface area contributed by atoms with Crippen molar-refractivity contribution in [2.75, 3.05) is 0 Å². The Morgan fingerprint density at radius 2 is 1.67 bits per heavy atom. The molecule has 24 heavy (non-hydrogen) atoms. The highest BCUT2D eigenvalue weighted by molar-refractivity contribution is 6.33. The van der Waals surface area contributed by atoms with Gasteiger partial charge >= 0.3 is 0 Å². The van der Waals surface area contributed by atoms with Crippen LogP contribution in [-0.4, -0.2) is 9.52 Å². The Labute approximate surface area is 148 Å². The van der Waals surface area contributed by atoms with Gasteiger partial charge in [-0.2, -0.15) is 5.26 Å². The molecule has 0 aliphatic heterocycles. The first-order valence-electron chi connectivity index (χ1n) is 9.90. The minimum atomic E-state index is -0.352. The SMILES string of the molecule is C[SiH2]C[C@H]1CC[C@H]([C@H]2CC[C@H](c3ccc(C#N)c(F)c3)CC2)CC1. The average molecular weight is 344 g/mol. The largest absolute Gasteiger partial charge is 0.206 e. The van der Waals surface area contributed by atoms with E-state index in [1.807, 2.05) is 12.1 Å². The third kappa shape index (κ3) is 4.09. The van der Waals surface area contributed by atoms with Crippen LogP contribution >= 0.6 is 0 Å². The van der Waals surface area contributed by atoms with Crippen molar-refractivity contribution in [1.29, 1.82) is 5.26 Å². The molecule has 0 amide bonds. The fourth-order valence-electron chi connectivity index (χ4n) is 5.16. The number of nitriles is 1. The molecule has 130 valence electrons. The molecule has 3 heteroatoms. The van der Waals surface area contributed by atoms with Crippen molar-refractivity contribution in [1.82, 2.24) is 0 Å². The van der Waals surface area contributed by atoms with E-state index in [0.29, 0.717) is 5.92 Å². The van der Waals surface area contributed by atoms with Crippen molar-refractivity contribution in [2.24, 2.45) is 17.8 Å². The van der Waals surface area contributed by atoms with Crippen LogP contribution < -0.4 is 0 Å². The van der Waals surface area contributed by atoms with Gasteiger partial charge in [0.25, 0.3) is 0 Å². The van der Waals surface area contributed by atoms with Gasteiger partial charge in [0, 0.05) is 9.52 Å². The van der Waals surface area contributed by atoms with Gasteiger partial charge in [0.1, 0.15) is 11.9 Å². The van der Waals surface area contributed by atoms with E-state index in [4.69, 9.17) is 5.26 Å². The lowest BCUT2D eigenvalue weighted by atomic mass is 9.68. The number of benzene rings is 1. The van der Waals surface area contributed by atoms with Crippen LogP contribution in [0.15, 0.2) is 18.2 Å². The molecule has 1 aromatic carbocycles. The number of hydrogen-bond donors (Lipinski definition) is 0. The molecule has 0 N–H and O–H groups in total. The fourth-order valence-corrected chi connectivity index (χ4v) is 6.55. The predicted molar refractivity (Wildman–Crippen MR) is 100 cm³/mol. The molecule has 2 saturated carbocycles. The average Bonchev–Trinajstić information content (AvgIpc) is 2.63. The van der Waals surface area contributed by atoms with Crippen molar-refractivity contribution in [2.45, 2.75) is 69.9 Å². The normalized spacial score (nSPS) is 31.2. The van der Waals surface area contributed by atoms with Crippen LogP contribution in [0.4, 0.5) is 4.39 Å². The molecule has 0 unspecified atom stereocenters. The summed E-state index contributed by atoms with van der Waals surface area (Å²) in [6, 6.07) is 8.69. The minimum Gasteiger partial charge on any atom is -0.206 e. The molecule has 0 aromatic heterocycles. The Kier molecular flexibility index (Phi) is 6.11. The number of halogens is 1. The van der Waals surface area contributed by atoms with Crippen LogP contribution in [-0.2, 0) is 0 Å². The zero-order valence-electron chi connectivity index (χ0n) is 14.9. The molecular weight excluding hydrogens is 313 g/mol. The van der Waals surface area contributed by atoms with E-state index in [-0.39, 0.29) is 20.9 Å². The lowest BCUT2D eigenvalue weighted by molar-refractivity contribution is 0.165. The molecule has 0 radical (unpaired) electrons. The van der Waals surface area contributed by atoms with Crippen molar-refractivity contribution in [3.05, 3.63) is 35.1 Å². The molecule has 2 aliphatic carbocycles. The molecule has 0 spiro atoms. The highest BCUT2D eigenvalue weighted by atomic mass is 28.2. The van der Waals surface area contributed by atoms with Crippen LogP contribution in [0.5, 0.6) is 0 Å². The highest BCUT2D eigenvalue weighted by Gasteiger charge is 2.31. The molecule has 0 saturated heterocycles. The predicted octanol–water partition coefficient (Wildman–Crippen LogP) is 5.41. The Balaban J connectivity index is 1.51. The van der Waals surface area contributed by atoms with Gasteiger partial charge in [0.15, 0.2) is 0 Å². The lowest BCUT2D eigenvalue weighted by Gasteiger charge is -2.38. The lowest BCUT2D eigenvalue weighted by Crippen LogP contribution is -2.25. The van der Waals surface area contributed by atoms with Gasteiger partial charge in [-0.05, 0) is 79.9 Å². The van der Waals surface area contributed by atoms with Crippen molar-refractivity contribution in [3.8, 4) is 6.07 Å². The van der Waals surface area contributed by atoms with E-state index < -0.39 is 0 Å². The van der Waals surface area contributed by atoms with E-state index in [9.17, 15) is 4.39 Å². The Bertz CT molecular complexity index is 578. The highest BCUT2D eigenvalue weighted by Crippen LogP contribution is 2.44. The summed E-state index contributed by atoms with van der Waals surface area (Å²) < 4.78 is 13.9. The van der Waals surface area contributed by atoms with E-state index in [1.54, 1.807) is 18.2 Å². The maximum Gasteiger partial charge on any atom is 0.141 e. The van der Waals surface area contributed by atoms with Crippen LogP contribution in [0.3, 0.4) is 0 Å². The first-order valence-corrected chi connectivity index (χ1v) is 12.3. The van der Waals surface area contributed by atoms with E-state index >= 15 is 0 Å². The molecule has 3 rings (SSSR count). The van der Waals surface area contributed by atoms with Crippen LogP contribution in [0.25, 0.3) is 0 Å². The maximum atomic E-state index is 13.9. The summed E-state index contributed by atoms with van der Waals surface area (Å²) in [6.07, 6.45) is 10.9. The van der Waals surface area contributed by atoms with Crippen LogP contribution in [0, 0.1) is 34.9 Å². The van der Waals surface area contributed by atoms with Crippen molar-refractivity contribution in [3.63, 3.8) is 0 Å². The quantitative estimate of drug-likeness (QED) is 0.670. The van der Waals surface area contributed by atoms with Gasteiger partial charge in [0.05, 0.1) is 5.56 Å². The Morgan fingerprint density at radius 3 is 2.21 bits per heavy atom. The molecule has 1 aromatic rings. The van der Waals surface area contributed by atoms with Crippen molar-refractivity contribution < 1.29 is 4.39 Å². The van der Waals surface area contributed by atoms with Gasteiger partial charge in [0.2, 0.25) is 0 Å². The van der Waals surface area contributed by atoms with Crippen LogP contribution in [0.2, 0.25) is 12.6 Å². The molecule has 0 heterocycles. The summed E-state index contributed by atoms with van der Waals surface area (Å²) in [7, 11) is 0.233. The van der Waals surface area contributed by atoms with E-state index in [2.05, 4.69) is 6.55 Å². The molecule has 0 bridgehead atoms.